The second-order valence-corrected chi connectivity index (χ2v) is 4.36. The molecule has 0 atom stereocenters. The van der Waals surface area contributed by atoms with Gasteiger partial charge in [0.2, 0.25) is 0 Å². The summed E-state index contributed by atoms with van der Waals surface area (Å²) in [6.07, 6.45) is 0.651. The lowest BCUT2D eigenvalue weighted by Crippen LogP contribution is -1.89. The number of nitriles is 2. The first kappa shape index (κ1) is 13.6. The first-order chi connectivity index (χ1) is 9.73. The van der Waals surface area contributed by atoms with E-state index in [1.165, 1.54) is 0 Å². The Morgan fingerprint density at radius 2 is 1.70 bits per heavy atom. The molecule has 2 aromatic carbocycles. The fourth-order valence-electron chi connectivity index (χ4n) is 2.22. The lowest BCUT2D eigenvalue weighted by molar-refractivity contribution is 0.415. The van der Waals surface area contributed by atoms with Crippen LogP contribution in [0, 0.1) is 22.7 Å². The van der Waals surface area contributed by atoms with Gasteiger partial charge in [-0.1, -0.05) is 25.1 Å². The number of rotatable bonds is 3. The van der Waals surface area contributed by atoms with Crippen LogP contribution in [0.4, 0.5) is 0 Å². The maximum absolute atomic E-state index is 9.02. The molecule has 2 rings (SSSR count). The van der Waals surface area contributed by atoms with Gasteiger partial charge in [0.05, 0.1) is 7.11 Å². The summed E-state index contributed by atoms with van der Waals surface area (Å²) in [7, 11) is 1.64. The molecule has 2 aromatic rings. The van der Waals surface area contributed by atoms with Crippen molar-refractivity contribution in [2.45, 2.75) is 13.3 Å². The van der Waals surface area contributed by atoms with Crippen LogP contribution in [0.2, 0.25) is 0 Å². The number of methoxy groups -OCH3 is 1. The molecule has 0 N–H and O–H groups in total. The van der Waals surface area contributed by atoms with Crippen LogP contribution in [-0.4, -0.2) is 7.11 Å². The summed E-state index contributed by atoms with van der Waals surface area (Å²) in [4.78, 5) is 0. The van der Waals surface area contributed by atoms with Crippen LogP contribution in [0.25, 0.3) is 16.3 Å². The molecule has 0 bridgehead atoms. The van der Waals surface area contributed by atoms with Gasteiger partial charge in [0.25, 0.3) is 0 Å². The molecular weight excluding hydrogens is 248 g/mol. The highest BCUT2D eigenvalue weighted by Crippen LogP contribution is 2.27. The molecule has 0 heterocycles. The number of allylic oxidation sites excluding steroid dienone is 2. The van der Waals surface area contributed by atoms with Gasteiger partial charge < -0.3 is 4.74 Å². The minimum absolute atomic E-state index is 0.181. The van der Waals surface area contributed by atoms with Gasteiger partial charge in [-0.05, 0) is 46.5 Å². The summed E-state index contributed by atoms with van der Waals surface area (Å²) in [5.41, 5.74) is 1.89. The SMILES string of the molecule is CCC(=C(C#N)C#N)c1ccc2cc(OC)ccc2c1. The Bertz CT molecular complexity index is 745. The van der Waals surface area contributed by atoms with E-state index in [0.29, 0.717) is 6.42 Å². The van der Waals surface area contributed by atoms with E-state index in [1.54, 1.807) is 7.11 Å². The zero-order chi connectivity index (χ0) is 14.5. The van der Waals surface area contributed by atoms with E-state index >= 15 is 0 Å². The Morgan fingerprint density at radius 1 is 1.05 bits per heavy atom. The lowest BCUT2D eigenvalue weighted by atomic mass is 9.96. The summed E-state index contributed by atoms with van der Waals surface area (Å²) in [6.45, 7) is 1.95. The van der Waals surface area contributed by atoms with Crippen molar-refractivity contribution >= 4 is 16.3 Å². The van der Waals surface area contributed by atoms with E-state index < -0.39 is 0 Å². The van der Waals surface area contributed by atoms with Crippen LogP contribution in [-0.2, 0) is 0 Å². The molecule has 0 aromatic heterocycles. The molecule has 0 aliphatic rings. The molecule has 3 heteroatoms. The topological polar surface area (TPSA) is 56.8 Å². The number of hydrogen-bond donors (Lipinski definition) is 0. The highest BCUT2D eigenvalue weighted by molar-refractivity contribution is 5.88. The molecule has 0 fully saturated rings. The van der Waals surface area contributed by atoms with Crippen molar-refractivity contribution in [2.75, 3.05) is 7.11 Å². The minimum Gasteiger partial charge on any atom is -0.497 e. The predicted molar refractivity (Wildman–Crippen MR) is 78.9 cm³/mol. The Kier molecular flexibility index (Phi) is 4.03. The third-order valence-electron chi connectivity index (χ3n) is 3.27. The van der Waals surface area contributed by atoms with Gasteiger partial charge in [0.1, 0.15) is 23.5 Å². The summed E-state index contributed by atoms with van der Waals surface area (Å²) in [5.74, 6) is 0.811. The molecule has 3 nitrogen and oxygen atoms in total. The Labute approximate surface area is 118 Å². The van der Waals surface area contributed by atoms with Crippen LogP contribution >= 0.6 is 0 Å². The number of hydrogen-bond acceptors (Lipinski definition) is 3. The quantitative estimate of drug-likeness (QED) is 0.784. The summed E-state index contributed by atoms with van der Waals surface area (Å²) in [6, 6.07) is 15.7. The van der Waals surface area contributed by atoms with E-state index in [0.717, 1.165) is 27.7 Å². The molecule has 0 aliphatic carbocycles. The molecular formula is C17H14N2O. The van der Waals surface area contributed by atoms with Gasteiger partial charge in [-0.2, -0.15) is 10.5 Å². The van der Waals surface area contributed by atoms with Crippen molar-refractivity contribution in [3.63, 3.8) is 0 Å². The zero-order valence-electron chi connectivity index (χ0n) is 11.5. The number of ether oxygens (including phenoxy) is 1. The summed E-state index contributed by atoms with van der Waals surface area (Å²) in [5, 5.41) is 20.2. The first-order valence-electron chi connectivity index (χ1n) is 6.35. The number of fused-ring (bicyclic) bond motifs is 1. The maximum Gasteiger partial charge on any atom is 0.133 e. The van der Waals surface area contributed by atoms with Crippen molar-refractivity contribution in [1.82, 2.24) is 0 Å². The molecule has 0 unspecified atom stereocenters. The lowest BCUT2D eigenvalue weighted by Gasteiger charge is -2.08. The van der Waals surface area contributed by atoms with Crippen LogP contribution in [0.1, 0.15) is 18.9 Å². The second kappa shape index (κ2) is 5.91. The van der Waals surface area contributed by atoms with Gasteiger partial charge in [-0.3, -0.25) is 0 Å². The van der Waals surface area contributed by atoms with E-state index in [1.807, 2.05) is 55.5 Å². The third kappa shape index (κ3) is 2.48. The molecule has 0 aliphatic heterocycles. The summed E-state index contributed by atoms with van der Waals surface area (Å²) < 4.78 is 5.20. The van der Waals surface area contributed by atoms with Gasteiger partial charge in [0, 0.05) is 0 Å². The maximum atomic E-state index is 9.02. The monoisotopic (exact) mass is 262 g/mol. The van der Waals surface area contributed by atoms with E-state index in [2.05, 4.69) is 0 Å². The largest absolute Gasteiger partial charge is 0.497 e. The fourth-order valence-corrected chi connectivity index (χ4v) is 2.22. The van der Waals surface area contributed by atoms with Crippen molar-refractivity contribution in [1.29, 1.82) is 10.5 Å². The van der Waals surface area contributed by atoms with Crippen LogP contribution in [0.5, 0.6) is 5.75 Å². The molecule has 0 saturated carbocycles. The van der Waals surface area contributed by atoms with Crippen LogP contribution in [0.15, 0.2) is 42.0 Å². The van der Waals surface area contributed by atoms with Crippen molar-refractivity contribution in [3.8, 4) is 17.9 Å². The Hall–Kier alpha value is -2.78. The Balaban J connectivity index is 2.60. The van der Waals surface area contributed by atoms with Gasteiger partial charge in [-0.15, -0.1) is 0 Å². The van der Waals surface area contributed by atoms with E-state index in [9.17, 15) is 0 Å². The molecule has 98 valence electrons. The summed E-state index contributed by atoms with van der Waals surface area (Å²) >= 11 is 0. The zero-order valence-corrected chi connectivity index (χ0v) is 11.5. The average molecular weight is 262 g/mol. The minimum atomic E-state index is 0.181. The Morgan fingerprint density at radius 3 is 2.30 bits per heavy atom. The highest BCUT2D eigenvalue weighted by Gasteiger charge is 2.08. The van der Waals surface area contributed by atoms with Crippen LogP contribution in [0.3, 0.4) is 0 Å². The van der Waals surface area contributed by atoms with Crippen molar-refractivity contribution < 1.29 is 4.74 Å². The normalized spacial score (nSPS) is 9.60. The second-order valence-electron chi connectivity index (χ2n) is 4.36. The molecule has 0 radical (unpaired) electrons. The van der Waals surface area contributed by atoms with E-state index in [4.69, 9.17) is 15.3 Å². The molecule has 0 spiro atoms. The third-order valence-corrected chi connectivity index (χ3v) is 3.27. The van der Waals surface area contributed by atoms with Crippen molar-refractivity contribution in [3.05, 3.63) is 47.5 Å². The fraction of sp³-hybridized carbons (Fsp3) is 0.176. The molecule has 20 heavy (non-hydrogen) atoms. The molecule has 0 saturated heterocycles. The molecule has 0 amide bonds. The average Bonchev–Trinajstić information content (AvgIpc) is 2.51. The standard InChI is InChI=1S/C17H14N2O/c1-3-17(15(10-18)11-19)14-5-4-13-9-16(20-2)7-6-12(13)8-14/h4-9H,3H2,1-2H3. The highest BCUT2D eigenvalue weighted by atomic mass is 16.5. The first-order valence-corrected chi connectivity index (χ1v) is 6.35. The van der Waals surface area contributed by atoms with Gasteiger partial charge >= 0.3 is 0 Å². The predicted octanol–water partition coefficient (Wildman–Crippen LogP) is 4.06. The van der Waals surface area contributed by atoms with E-state index in [-0.39, 0.29) is 5.57 Å². The van der Waals surface area contributed by atoms with Crippen molar-refractivity contribution in [2.24, 2.45) is 0 Å². The smallest absolute Gasteiger partial charge is 0.133 e. The number of nitrogens with zero attached hydrogens (tertiary/aromatic N) is 2. The van der Waals surface area contributed by atoms with Gasteiger partial charge in [0.15, 0.2) is 0 Å². The van der Waals surface area contributed by atoms with Crippen LogP contribution < -0.4 is 4.74 Å². The van der Waals surface area contributed by atoms with Gasteiger partial charge in [-0.25, -0.2) is 0 Å². The number of benzene rings is 2.